The van der Waals surface area contributed by atoms with Crippen LogP contribution >= 0.6 is 27.3 Å². The van der Waals surface area contributed by atoms with E-state index in [1.54, 1.807) is 0 Å². The number of hydrogen-bond donors (Lipinski definition) is 1. The lowest BCUT2D eigenvalue weighted by Crippen LogP contribution is -2.25. The Morgan fingerprint density at radius 3 is 2.71 bits per heavy atom. The molecule has 2 aromatic heterocycles. The smallest absolute Gasteiger partial charge is 0.306 e. The van der Waals surface area contributed by atoms with Gasteiger partial charge in [-0.3, -0.25) is 4.98 Å². The van der Waals surface area contributed by atoms with E-state index in [9.17, 15) is 13.2 Å². The highest BCUT2D eigenvalue weighted by Crippen LogP contribution is 2.39. The molecule has 2 aromatic rings. The fraction of sp³-hybridized carbons (Fsp3) is 0.357. The first-order valence-electron chi connectivity index (χ1n) is 6.42. The number of pyridine rings is 1. The third kappa shape index (κ3) is 3.84. The summed E-state index contributed by atoms with van der Waals surface area (Å²) in [5.74, 6) is 0. The molecule has 0 saturated heterocycles. The van der Waals surface area contributed by atoms with E-state index in [0.29, 0.717) is 6.54 Å². The lowest BCUT2D eigenvalue weighted by Gasteiger charge is -2.22. The van der Waals surface area contributed by atoms with Gasteiger partial charge in [-0.2, -0.15) is 13.2 Å². The van der Waals surface area contributed by atoms with Crippen LogP contribution < -0.4 is 5.32 Å². The van der Waals surface area contributed by atoms with Gasteiger partial charge in [0.2, 0.25) is 0 Å². The molecule has 0 aliphatic carbocycles. The second-order valence-electron chi connectivity index (χ2n) is 4.48. The van der Waals surface area contributed by atoms with Crippen molar-refractivity contribution in [2.24, 2.45) is 0 Å². The predicted molar refractivity (Wildman–Crippen MR) is 81.4 cm³/mol. The number of aromatic nitrogens is 1. The number of alkyl halides is 3. The van der Waals surface area contributed by atoms with Gasteiger partial charge in [0, 0.05) is 27.3 Å². The summed E-state index contributed by atoms with van der Waals surface area (Å²) in [5.41, 5.74) is -0.493. The Bertz CT molecular complexity index is 598. The Balaban J connectivity index is 2.50. The molecule has 0 saturated carbocycles. The Labute approximate surface area is 133 Å². The summed E-state index contributed by atoms with van der Waals surface area (Å²) < 4.78 is 40.4. The molecule has 0 spiro atoms. The topological polar surface area (TPSA) is 24.9 Å². The Kier molecular flexibility index (Phi) is 5.40. The fourth-order valence-corrected chi connectivity index (χ4v) is 3.73. The minimum absolute atomic E-state index is 0.154. The minimum Gasteiger partial charge on any atom is -0.306 e. The maximum absolute atomic E-state index is 13.2. The average Bonchev–Trinajstić information content (AvgIpc) is 2.85. The molecule has 0 aliphatic heterocycles. The van der Waals surface area contributed by atoms with Crippen LogP contribution in [-0.4, -0.2) is 11.5 Å². The summed E-state index contributed by atoms with van der Waals surface area (Å²) in [6.07, 6.45) is -1.09. The maximum Gasteiger partial charge on any atom is 0.416 e. The van der Waals surface area contributed by atoms with E-state index in [4.69, 9.17) is 0 Å². The number of rotatable bonds is 5. The molecule has 114 valence electrons. The summed E-state index contributed by atoms with van der Waals surface area (Å²) in [4.78, 5) is 4.70. The third-order valence-corrected chi connectivity index (χ3v) is 4.91. The molecular formula is C14H14BrF3N2S. The van der Waals surface area contributed by atoms with Crippen molar-refractivity contribution < 1.29 is 13.2 Å². The highest BCUT2D eigenvalue weighted by Gasteiger charge is 2.36. The van der Waals surface area contributed by atoms with E-state index >= 15 is 0 Å². The van der Waals surface area contributed by atoms with Gasteiger partial charge in [-0.25, -0.2) is 0 Å². The van der Waals surface area contributed by atoms with E-state index in [0.717, 1.165) is 21.8 Å². The van der Waals surface area contributed by atoms with Gasteiger partial charge < -0.3 is 5.32 Å². The number of nitrogens with one attached hydrogen (secondary N) is 1. The monoisotopic (exact) mass is 378 g/mol. The normalized spacial score (nSPS) is 13.4. The SMILES string of the molecule is CCCNC(c1cnccc1C(F)(F)F)c1sccc1Br. The Hall–Kier alpha value is -0.920. The summed E-state index contributed by atoms with van der Waals surface area (Å²) in [6.45, 7) is 2.60. The van der Waals surface area contributed by atoms with Crippen LogP contribution in [0.5, 0.6) is 0 Å². The van der Waals surface area contributed by atoms with Crippen molar-refractivity contribution in [3.05, 3.63) is 50.4 Å². The molecule has 7 heteroatoms. The third-order valence-electron chi connectivity index (χ3n) is 2.97. The molecule has 2 heterocycles. The van der Waals surface area contributed by atoms with Gasteiger partial charge in [0.25, 0.3) is 0 Å². The molecule has 0 amide bonds. The van der Waals surface area contributed by atoms with Crippen LogP contribution in [0.25, 0.3) is 0 Å². The first-order chi connectivity index (χ1) is 9.95. The van der Waals surface area contributed by atoms with Gasteiger partial charge >= 0.3 is 6.18 Å². The van der Waals surface area contributed by atoms with Crippen LogP contribution in [0.15, 0.2) is 34.4 Å². The van der Waals surface area contributed by atoms with Gasteiger partial charge in [0.15, 0.2) is 0 Å². The molecular weight excluding hydrogens is 365 g/mol. The predicted octanol–water partition coefficient (Wildman–Crippen LogP) is 5.01. The summed E-state index contributed by atoms with van der Waals surface area (Å²) in [7, 11) is 0. The molecule has 0 radical (unpaired) electrons. The van der Waals surface area contributed by atoms with Crippen LogP contribution in [0, 0.1) is 0 Å². The zero-order valence-electron chi connectivity index (χ0n) is 11.2. The lowest BCUT2D eigenvalue weighted by molar-refractivity contribution is -0.138. The van der Waals surface area contributed by atoms with Crippen LogP contribution in [0.2, 0.25) is 0 Å². The molecule has 0 aliphatic rings. The second kappa shape index (κ2) is 6.89. The minimum atomic E-state index is -4.39. The van der Waals surface area contributed by atoms with E-state index in [-0.39, 0.29) is 5.56 Å². The van der Waals surface area contributed by atoms with Crippen molar-refractivity contribution in [2.75, 3.05) is 6.54 Å². The van der Waals surface area contributed by atoms with Gasteiger partial charge in [-0.1, -0.05) is 6.92 Å². The number of thiophene rings is 1. The highest BCUT2D eigenvalue weighted by atomic mass is 79.9. The molecule has 0 bridgehead atoms. The van der Waals surface area contributed by atoms with E-state index < -0.39 is 17.8 Å². The van der Waals surface area contributed by atoms with Crippen LogP contribution in [0.4, 0.5) is 13.2 Å². The van der Waals surface area contributed by atoms with Crippen molar-refractivity contribution >= 4 is 27.3 Å². The highest BCUT2D eigenvalue weighted by molar-refractivity contribution is 9.10. The molecule has 1 atom stereocenters. The van der Waals surface area contributed by atoms with Crippen molar-refractivity contribution in [1.82, 2.24) is 10.3 Å². The molecule has 2 nitrogen and oxygen atoms in total. The zero-order chi connectivity index (χ0) is 15.5. The largest absolute Gasteiger partial charge is 0.416 e. The fourth-order valence-electron chi connectivity index (χ4n) is 2.04. The van der Waals surface area contributed by atoms with Crippen molar-refractivity contribution in [1.29, 1.82) is 0 Å². The average molecular weight is 379 g/mol. The van der Waals surface area contributed by atoms with E-state index in [1.165, 1.54) is 23.7 Å². The summed E-state index contributed by atoms with van der Waals surface area (Å²) in [5, 5.41) is 5.03. The van der Waals surface area contributed by atoms with Crippen molar-refractivity contribution in [3.8, 4) is 0 Å². The molecule has 0 aromatic carbocycles. The lowest BCUT2D eigenvalue weighted by atomic mass is 10.0. The van der Waals surface area contributed by atoms with Crippen LogP contribution in [-0.2, 0) is 6.18 Å². The van der Waals surface area contributed by atoms with Gasteiger partial charge in [-0.05, 0) is 46.4 Å². The number of nitrogens with zero attached hydrogens (tertiary/aromatic N) is 1. The van der Waals surface area contributed by atoms with Gasteiger partial charge in [0.1, 0.15) is 0 Å². The zero-order valence-corrected chi connectivity index (χ0v) is 13.6. The van der Waals surface area contributed by atoms with Crippen molar-refractivity contribution in [2.45, 2.75) is 25.6 Å². The first kappa shape index (κ1) is 16.5. The molecule has 1 N–H and O–H groups in total. The summed E-state index contributed by atoms with van der Waals surface area (Å²) >= 11 is 4.82. The quantitative estimate of drug-likeness (QED) is 0.790. The Morgan fingerprint density at radius 1 is 1.38 bits per heavy atom. The molecule has 0 fully saturated rings. The van der Waals surface area contributed by atoms with E-state index in [2.05, 4.69) is 26.2 Å². The van der Waals surface area contributed by atoms with Crippen molar-refractivity contribution in [3.63, 3.8) is 0 Å². The first-order valence-corrected chi connectivity index (χ1v) is 8.09. The molecule has 2 rings (SSSR count). The molecule has 1 unspecified atom stereocenters. The molecule has 21 heavy (non-hydrogen) atoms. The van der Waals surface area contributed by atoms with Gasteiger partial charge in [0.05, 0.1) is 11.6 Å². The van der Waals surface area contributed by atoms with Gasteiger partial charge in [-0.15, -0.1) is 11.3 Å². The number of halogens is 4. The second-order valence-corrected chi connectivity index (χ2v) is 6.28. The van der Waals surface area contributed by atoms with Crippen LogP contribution in [0.1, 0.15) is 35.4 Å². The number of hydrogen-bond acceptors (Lipinski definition) is 3. The van der Waals surface area contributed by atoms with Crippen LogP contribution in [0.3, 0.4) is 0 Å². The summed E-state index contributed by atoms with van der Waals surface area (Å²) in [6, 6.07) is 2.34. The standard InChI is InChI=1S/C14H14BrF3N2S/c1-2-5-20-12(13-11(15)4-7-21-13)9-8-19-6-3-10(9)14(16,17)18/h3-4,6-8,12,20H,2,5H2,1H3. The Morgan fingerprint density at radius 2 is 2.14 bits per heavy atom. The maximum atomic E-state index is 13.2. The van der Waals surface area contributed by atoms with E-state index in [1.807, 2.05) is 18.4 Å².